The topological polar surface area (TPSA) is 97.7 Å². The Bertz CT molecular complexity index is 1530. The lowest BCUT2D eigenvalue weighted by Crippen LogP contribution is -2.39. The molecule has 2 aliphatic carbocycles. The number of hydrogen-bond donors (Lipinski definition) is 1. The third kappa shape index (κ3) is 5.22. The Labute approximate surface area is 230 Å². The molecule has 8 nitrogen and oxygen atoms in total. The van der Waals surface area contributed by atoms with Crippen molar-refractivity contribution in [3.63, 3.8) is 0 Å². The molecule has 0 unspecified atom stereocenters. The van der Waals surface area contributed by atoms with Gasteiger partial charge < -0.3 is 14.1 Å². The summed E-state index contributed by atoms with van der Waals surface area (Å²) < 4.78 is 35.5. The van der Waals surface area contributed by atoms with Gasteiger partial charge >= 0.3 is 10.2 Å². The number of hydrogen-bond acceptors (Lipinski definition) is 5. The first-order valence-corrected chi connectivity index (χ1v) is 15.1. The summed E-state index contributed by atoms with van der Waals surface area (Å²) in [5.41, 5.74) is 5.19. The molecule has 2 saturated carbocycles. The number of aldehydes is 1. The number of methoxy groups -OCH3 is 1. The van der Waals surface area contributed by atoms with Crippen molar-refractivity contribution >= 4 is 33.3 Å². The number of nitrogens with zero attached hydrogens (tertiary/aromatic N) is 2. The average Bonchev–Trinajstić information content (AvgIpc) is 3.64. The van der Waals surface area contributed by atoms with Gasteiger partial charge in [-0.3, -0.25) is 4.79 Å². The number of aromatic nitrogens is 1. The molecule has 9 heteroatoms. The Hall–Kier alpha value is -3.17. The first kappa shape index (κ1) is 27.4. The highest BCUT2D eigenvalue weighted by molar-refractivity contribution is 7.87. The fraction of sp³-hybridized carbons (Fsp3) is 0.467. The molecule has 2 fully saturated rings. The van der Waals surface area contributed by atoms with E-state index in [0.29, 0.717) is 12.5 Å². The molecule has 0 saturated heterocycles. The smallest absolute Gasteiger partial charge is 0.303 e. The van der Waals surface area contributed by atoms with E-state index in [9.17, 15) is 18.0 Å². The van der Waals surface area contributed by atoms with Gasteiger partial charge in [0.25, 0.3) is 5.91 Å². The van der Waals surface area contributed by atoms with Crippen molar-refractivity contribution in [1.29, 1.82) is 0 Å². The zero-order valence-electron chi connectivity index (χ0n) is 23.1. The molecule has 0 spiro atoms. The highest BCUT2D eigenvalue weighted by Gasteiger charge is 2.44. The van der Waals surface area contributed by atoms with Gasteiger partial charge in [0.1, 0.15) is 12.0 Å². The predicted octanol–water partition coefficient (Wildman–Crippen LogP) is 5.19. The van der Waals surface area contributed by atoms with Crippen molar-refractivity contribution in [3.05, 3.63) is 53.1 Å². The van der Waals surface area contributed by atoms with Crippen LogP contribution in [0.15, 0.2) is 36.4 Å². The van der Waals surface area contributed by atoms with Crippen LogP contribution in [0.3, 0.4) is 0 Å². The molecule has 208 valence electrons. The maximum Gasteiger partial charge on any atom is 0.303 e. The van der Waals surface area contributed by atoms with Crippen molar-refractivity contribution in [3.8, 4) is 17.0 Å². The van der Waals surface area contributed by atoms with E-state index in [-0.39, 0.29) is 5.56 Å². The van der Waals surface area contributed by atoms with Crippen molar-refractivity contribution < 1.29 is 22.7 Å². The number of amides is 1. The molecule has 39 heavy (non-hydrogen) atoms. The van der Waals surface area contributed by atoms with Gasteiger partial charge in [-0.05, 0) is 80.0 Å². The fourth-order valence-corrected chi connectivity index (χ4v) is 6.40. The molecule has 0 atom stereocenters. The molecular weight excluding hydrogens is 514 g/mol. The lowest BCUT2D eigenvalue weighted by molar-refractivity contribution is -0.112. The van der Waals surface area contributed by atoms with E-state index < -0.39 is 21.5 Å². The summed E-state index contributed by atoms with van der Waals surface area (Å²) in [6, 6.07) is 11.5. The lowest BCUT2D eigenvalue weighted by Gasteiger charge is -2.25. The number of nitrogens with one attached hydrogen (secondary N) is 1. The van der Waals surface area contributed by atoms with Crippen LogP contribution in [0.25, 0.3) is 22.2 Å². The highest BCUT2D eigenvalue weighted by atomic mass is 32.2. The van der Waals surface area contributed by atoms with E-state index in [1.54, 1.807) is 19.2 Å². The van der Waals surface area contributed by atoms with Crippen LogP contribution in [0.1, 0.15) is 72.3 Å². The molecule has 1 amide bonds. The minimum Gasteiger partial charge on any atom is -0.497 e. The summed E-state index contributed by atoms with van der Waals surface area (Å²) in [4.78, 5) is 25.2. The second-order valence-electron chi connectivity index (χ2n) is 11.3. The lowest BCUT2D eigenvalue weighted by atomic mass is 9.81. The van der Waals surface area contributed by atoms with Crippen LogP contribution in [0.2, 0.25) is 0 Å². The van der Waals surface area contributed by atoms with Gasteiger partial charge in [0.2, 0.25) is 0 Å². The Balaban J connectivity index is 1.75. The van der Waals surface area contributed by atoms with Gasteiger partial charge in [0, 0.05) is 48.1 Å². The number of fused-ring (bicyclic) bond motifs is 1. The van der Waals surface area contributed by atoms with E-state index in [1.165, 1.54) is 38.9 Å². The predicted molar refractivity (Wildman–Crippen MR) is 152 cm³/mol. The van der Waals surface area contributed by atoms with Crippen LogP contribution in [0, 0.1) is 12.3 Å². The Morgan fingerprint density at radius 3 is 2.44 bits per heavy atom. The van der Waals surface area contributed by atoms with Gasteiger partial charge in [-0.1, -0.05) is 25.3 Å². The molecule has 2 aliphatic rings. The highest BCUT2D eigenvalue weighted by Crippen LogP contribution is 2.50. The van der Waals surface area contributed by atoms with Gasteiger partial charge in [0.05, 0.1) is 12.8 Å². The van der Waals surface area contributed by atoms with Crippen LogP contribution < -0.4 is 9.46 Å². The maximum atomic E-state index is 13.1. The van der Waals surface area contributed by atoms with Crippen LogP contribution >= 0.6 is 0 Å². The number of carbonyl (C=O) groups is 2. The maximum absolute atomic E-state index is 13.1. The standard InChI is InChI=1S/C30H37N3O5S/c1-20-16-23(38-4)11-13-24(20)28-27(21-8-6-5-7-9-21)25-12-10-22(29(35)31-39(36,37)32(2)3)17-26(25)33(28)18-30(19-34)14-15-30/h10-13,16-17,19,21H,5-9,14-15,18H2,1-4H3,(H,31,35). The molecule has 0 radical (unpaired) electrons. The summed E-state index contributed by atoms with van der Waals surface area (Å²) in [5.74, 6) is 0.459. The second kappa shape index (κ2) is 10.4. The first-order valence-electron chi connectivity index (χ1n) is 13.6. The number of rotatable bonds is 9. The van der Waals surface area contributed by atoms with Crippen LogP contribution in [0.4, 0.5) is 0 Å². The van der Waals surface area contributed by atoms with E-state index >= 15 is 0 Å². The normalized spacial score (nSPS) is 17.4. The molecule has 2 aromatic carbocycles. The number of carbonyl (C=O) groups excluding carboxylic acids is 2. The molecule has 0 aliphatic heterocycles. The molecule has 1 heterocycles. The second-order valence-corrected chi connectivity index (χ2v) is 13.2. The van der Waals surface area contributed by atoms with Gasteiger partial charge in [-0.2, -0.15) is 12.7 Å². The van der Waals surface area contributed by atoms with Crippen molar-refractivity contribution in [2.75, 3.05) is 21.2 Å². The number of aryl methyl sites for hydroxylation is 1. The minimum absolute atomic E-state index is 0.260. The van der Waals surface area contributed by atoms with Crippen molar-refractivity contribution in [1.82, 2.24) is 13.6 Å². The molecule has 0 bridgehead atoms. The van der Waals surface area contributed by atoms with Crippen LogP contribution in [-0.4, -0.2) is 50.7 Å². The largest absolute Gasteiger partial charge is 0.497 e. The van der Waals surface area contributed by atoms with E-state index in [0.717, 1.165) is 69.7 Å². The molecular formula is C30H37N3O5S. The molecule has 5 rings (SSSR count). The molecule has 1 aromatic heterocycles. The van der Waals surface area contributed by atoms with Crippen molar-refractivity contribution in [2.24, 2.45) is 5.41 Å². The van der Waals surface area contributed by atoms with Crippen molar-refractivity contribution in [2.45, 2.75) is 64.3 Å². The summed E-state index contributed by atoms with van der Waals surface area (Å²) in [5, 5.41) is 1.06. The summed E-state index contributed by atoms with van der Waals surface area (Å²) in [7, 11) is 0.464. The number of benzene rings is 2. The summed E-state index contributed by atoms with van der Waals surface area (Å²) >= 11 is 0. The zero-order valence-corrected chi connectivity index (χ0v) is 23.9. The van der Waals surface area contributed by atoms with E-state index in [1.807, 2.05) is 18.2 Å². The molecule has 3 aromatic rings. The monoisotopic (exact) mass is 551 g/mol. The van der Waals surface area contributed by atoms with Crippen LogP contribution in [0.5, 0.6) is 5.75 Å². The number of ether oxygens (including phenoxy) is 1. The van der Waals surface area contributed by atoms with Crippen LogP contribution in [-0.2, 0) is 21.5 Å². The third-order valence-corrected chi connectivity index (χ3v) is 9.79. The Morgan fingerprint density at radius 1 is 1.13 bits per heavy atom. The van der Waals surface area contributed by atoms with Gasteiger partial charge in [0.15, 0.2) is 0 Å². The average molecular weight is 552 g/mol. The minimum atomic E-state index is -3.94. The first-order chi connectivity index (χ1) is 18.6. The quantitative estimate of drug-likeness (QED) is 0.369. The fourth-order valence-electron chi connectivity index (χ4n) is 5.86. The van der Waals surface area contributed by atoms with Gasteiger partial charge in [-0.25, -0.2) is 4.72 Å². The van der Waals surface area contributed by atoms with Gasteiger partial charge in [-0.15, -0.1) is 0 Å². The summed E-state index contributed by atoms with van der Waals surface area (Å²) in [6.45, 7) is 2.59. The Kier molecular flexibility index (Phi) is 7.33. The zero-order chi connectivity index (χ0) is 27.9. The third-order valence-electron chi connectivity index (χ3n) is 8.39. The Morgan fingerprint density at radius 2 is 1.85 bits per heavy atom. The van der Waals surface area contributed by atoms with E-state index in [4.69, 9.17) is 4.74 Å². The summed E-state index contributed by atoms with van der Waals surface area (Å²) in [6.07, 6.45) is 8.47. The SMILES string of the molecule is COc1ccc(-c2c(C3CCCCC3)c3ccc(C(=O)NS(=O)(=O)N(C)C)cc3n2CC2(C=O)CC2)c(C)c1. The van der Waals surface area contributed by atoms with E-state index in [2.05, 4.69) is 22.3 Å². The molecule has 1 N–H and O–H groups in total.